The van der Waals surface area contributed by atoms with Gasteiger partial charge in [0.15, 0.2) is 0 Å². The molecule has 1 fully saturated rings. The van der Waals surface area contributed by atoms with Crippen LogP contribution in [0.15, 0.2) is 48.5 Å². The predicted molar refractivity (Wildman–Crippen MR) is 105 cm³/mol. The van der Waals surface area contributed by atoms with Crippen LogP contribution < -0.4 is 15.0 Å². The van der Waals surface area contributed by atoms with Crippen molar-refractivity contribution < 1.29 is 9.53 Å². The molecule has 0 radical (unpaired) electrons. The minimum atomic E-state index is 0.0528. The molecule has 1 aliphatic rings. The average Bonchev–Trinajstić information content (AvgIpc) is 2.67. The van der Waals surface area contributed by atoms with Gasteiger partial charge < -0.3 is 15.0 Å². The van der Waals surface area contributed by atoms with Crippen LogP contribution in [0.1, 0.15) is 5.56 Å². The number of ether oxygens (including phenoxy) is 1. The number of nitrogens with zero attached hydrogens (tertiary/aromatic N) is 2. The number of nitrogens with one attached hydrogen (secondary N) is 1. The highest BCUT2D eigenvalue weighted by molar-refractivity contribution is 6.30. The molecule has 1 aliphatic heterocycles. The number of rotatable bonds is 6. The Labute approximate surface area is 159 Å². The molecule has 0 aliphatic carbocycles. The highest BCUT2D eigenvalue weighted by atomic mass is 35.5. The van der Waals surface area contributed by atoms with Crippen molar-refractivity contribution in [1.29, 1.82) is 0 Å². The number of piperazine rings is 1. The summed E-state index contributed by atoms with van der Waals surface area (Å²) in [5, 5.41) is 3.73. The molecule has 0 unspecified atom stereocenters. The van der Waals surface area contributed by atoms with Crippen LogP contribution in [-0.4, -0.2) is 50.6 Å². The molecule has 1 amide bonds. The highest BCUT2D eigenvalue weighted by Gasteiger charge is 2.19. The Balaban J connectivity index is 1.41. The highest BCUT2D eigenvalue weighted by Crippen LogP contribution is 2.20. The van der Waals surface area contributed by atoms with Crippen molar-refractivity contribution in [2.75, 3.05) is 44.7 Å². The molecule has 138 valence electrons. The van der Waals surface area contributed by atoms with Crippen LogP contribution in [0.25, 0.3) is 0 Å². The number of hydrogen-bond donors (Lipinski definition) is 1. The van der Waals surface area contributed by atoms with Crippen LogP contribution in [0.4, 0.5) is 5.69 Å². The number of carbonyl (C=O) groups excluding carboxylic acids is 1. The van der Waals surface area contributed by atoms with Crippen molar-refractivity contribution in [2.24, 2.45) is 0 Å². The summed E-state index contributed by atoms with van der Waals surface area (Å²) in [4.78, 5) is 16.7. The Kier molecular flexibility index (Phi) is 6.36. The van der Waals surface area contributed by atoms with Gasteiger partial charge >= 0.3 is 0 Å². The first-order valence-electron chi connectivity index (χ1n) is 8.76. The third-order valence-corrected chi connectivity index (χ3v) is 4.80. The van der Waals surface area contributed by atoms with E-state index in [-0.39, 0.29) is 5.91 Å². The van der Waals surface area contributed by atoms with Gasteiger partial charge in [-0.25, -0.2) is 0 Å². The van der Waals surface area contributed by atoms with E-state index in [2.05, 4.69) is 21.2 Å². The van der Waals surface area contributed by atoms with Crippen LogP contribution in [0, 0.1) is 0 Å². The molecular weight excluding hydrogens is 350 g/mol. The van der Waals surface area contributed by atoms with E-state index in [1.807, 2.05) is 42.5 Å². The molecule has 6 heteroatoms. The molecule has 1 N–H and O–H groups in total. The number of hydrogen-bond acceptors (Lipinski definition) is 4. The lowest BCUT2D eigenvalue weighted by atomic mass is 10.2. The van der Waals surface area contributed by atoms with Crippen molar-refractivity contribution in [2.45, 2.75) is 6.54 Å². The first-order chi connectivity index (χ1) is 12.6. The molecule has 2 aromatic carbocycles. The fraction of sp³-hybridized carbons (Fsp3) is 0.350. The van der Waals surface area contributed by atoms with Crippen LogP contribution >= 0.6 is 11.6 Å². The molecule has 0 aromatic heterocycles. The van der Waals surface area contributed by atoms with Crippen LogP contribution in [0.5, 0.6) is 5.75 Å². The van der Waals surface area contributed by atoms with Crippen molar-refractivity contribution in [3.05, 3.63) is 59.1 Å². The summed E-state index contributed by atoms with van der Waals surface area (Å²) in [5.41, 5.74) is 2.20. The number of anilines is 1. The van der Waals surface area contributed by atoms with Gasteiger partial charge in [-0.1, -0.05) is 29.8 Å². The van der Waals surface area contributed by atoms with Crippen LogP contribution in [0.3, 0.4) is 0 Å². The van der Waals surface area contributed by atoms with E-state index in [1.54, 1.807) is 7.11 Å². The number of benzene rings is 2. The third-order valence-electron chi connectivity index (χ3n) is 4.56. The summed E-state index contributed by atoms with van der Waals surface area (Å²) in [7, 11) is 1.64. The average molecular weight is 374 g/mol. The Morgan fingerprint density at radius 3 is 2.50 bits per heavy atom. The van der Waals surface area contributed by atoms with Crippen molar-refractivity contribution >= 4 is 23.2 Å². The molecular formula is C20H24ClN3O2. The van der Waals surface area contributed by atoms with E-state index < -0.39 is 0 Å². The summed E-state index contributed by atoms with van der Waals surface area (Å²) in [6, 6.07) is 15.6. The van der Waals surface area contributed by atoms with Crippen LogP contribution in [0.2, 0.25) is 5.02 Å². The molecule has 0 saturated carbocycles. The fourth-order valence-electron chi connectivity index (χ4n) is 3.04. The molecule has 1 heterocycles. The fourth-order valence-corrected chi connectivity index (χ4v) is 3.22. The minimum Gasteiger partial charge on any atom is -0.497 e. The molecule has 2 aromatic rings. The van der Waals surface area contributed by atoms with Gasteiger partial charge in [0, 0.05) is 43.4 Å². The molecule has 26 heavy (non-hydrogen) atoms. The topological polar surface area (TPSA) is 44.8 Å². The lowest BCUT2D eigenvalue weighted by Crippen LogP contribution is -2.49. The second kappa shape index (κ2) is 8.92. The summed E-state index contributed by atoms with van der Waals surface area (Å²) < 4.78 is 5.14. The largest absolute Gasteiger partial charge is 0.497 e. The van der Waals surface area contributed by atoms with E-state index >= 15 is 0 Å². The summed E-state index contributed by atoms with van der Waals surface area (Å²) in [5.74, 6) is 0.870. The molecule has 0 bridgehead atoms. The SMILES string of the molecule is COc1ccc(CNC(=O)CN2CCN(c3cccc(Cl)c3)CC2)cc1. The Morgan fingerprint density at radius 2 is 1.85 bits per heavy atom. The molecule has 3 rings (SSSR count). The zero-order chi connectivity index (χ0) is 18.4. The lowest BCUT2D eigenvalue weighted by molar-refractivity contribution is -0.122. The van der Waals surface area contributed by atoms with Gasteiger partial charge in [0.1, 0.15) is 5.75 Å². The maximum atomic E-state index is 12.2. The second-order valence-electron chi connectivity index (χ2n) is 6.37. The summed E-state index contributed by atoms with van der Waals surface area (Å²) in [6.45, 7) is 4.48. The number of halogens is 1. The summed E-state index contributed by atoms with van der Waals surface area (Å²) >= 11 is 6.07. The van der Waals surface area contributed by atoms with E-state index in [4.69, 9.17) is 16.3 Å². The van der Waals surface area contributed by atoms with Crippen molar-refractivity contribution in [3.63, 3.8) is 0 Å². The maximum absolute atomic E-state index is 12.2. The van der Waals surface area contributed by atoms with Crippen LogP contribution in [-0.2, 0) is 11.3 Å². The van der Waals surface area contributed by atoms with Crippen molar-refractivity contribution in [3.8, 4) is 5.75 Å². The van der Waals surface area contributed by atoms with Gasteiger partial charge in [-0.3, -0.25) is 9.69 Å². The number of methoxy groups -OCH3 is 1. The standard InChI is InChI=1S/C20H24ClN3O2/c1-26-19-7-5-16(6-8-19)14-22-20(25)15-23-9-11-24(12-10-23)18-4-2-3-17(21)13-18/h2-8,13H,9-12,14-15H2,1H3,(H,22,25). The monoisotopic (exact) mass is 373 g/mol. The Hall–Kier alpha value is -2.24. The predicted octanol–water partition coefficient (Wildman–Crippen LogP) is 2.79. The van der Waals surface area contributed by atoms with Gasteiger partial charge in [0.25, 0.3) is 0 Å². The minimum absolute atomic E-state index is 0.0528. The van der Waals surface area contributed by atoms with E-state index in [9.17, 15) is 4.79 Å². The molecule has 0 spiro atoms. The van der Waals surface area contributed by atoms with Crippen molar-refractivity contribution in [1.82, 2.24) is 10.2 Å². The van der Waals surface area contributed by atoms with E-state index in [0.29, 0.717) is 13.1 Å². The van der Waals surface area contributed by atoms with E-state index in [0.717, 1.165) is 48.2 Å². The second-order valence-corrected chi connectivity index (χ2v) is 6.80. The van der Waals surface area contributed by atoms with Gasteiger partial charge in [0.05, 0.1) is 13.7 Å². The first kappa shape index (κ1) is 18.5. The van der Waals surface area contributed by atoms with E-state index in [1.165, 1.54) is 0 Å². The van der Waals surface area contributed by atoms with Gasteiger partial charge in [-0.2, -0.15) is 0 Å². The quantitative estimate of drug-likeness (QED) is 0.845. The molecule has 5 nitrogen and oxygen atoms in total. The van der Waals surface area contributed by atoms with Gasteiger partial charge in [0.2, 0.25) is 5.91 Å². The maximum Gasteiger partial charge on any atom is 0.234 e. The zero-order valence-corrected chi connectivity index (χ0v) is 15.7. The molecule has 1 saturated heterocycles. The smallest absolute Gasteiger partial charge is 0.234 e. The first-order valence-corrected chi connectivity index (χ1v) is 9.14. The zero-order valence-electron chi connectivity index (χ0n) is 15.0. The normalized spacial score (nSPS) is 14.9. The van der Waals surface area contributed by atoms with Gasteiger partial charge in [-0.05, 0) is 35.9 Å². The number of amides is 1. The molecule has 0 atom stereocenters. The number of carbonyl (C=O) groups is 1. The third kappa shape index (κ3) is 5.13. The Morgan fingerprint density at radius 1 is 1.12 bits per heavy atom. The lowest BCUT2D eigenvalue weighted by Gasteiger charge is -2.35. The summed E-state index contributed by atoms with van der Waals surface area (Å²) in [6.07, 6.45) is 0. The van der Waals surface area contributed by atoms with Gasteiger partial charge in [-0.15, -0.1) is 0 Å². The Bertz CT molecular complexity index is 728.